The number of carbonyl (C=O) groups excluding carboxylic acids is 1. The second-order valence-corrected chi connectivity index (χ2v) is 6.54. The zero-order valence-corrected chi connectivity index (χ0v) is 14.4. The predicted molar refractivity (Wildman–Crippen MR) is 96.2 cm³/mol. The quantitative estimate of drug-likeness (QED) is 0.782. The van der Waals surface area contributed by atoms with Gasteiger partial charge in [-0.1, -0.05) is 0 Å². The van der Waals surface area contributed by atoms with Crippen LogP contribution >= 0.6 is 0 Å². The topological polar surface area (TPSA) is 87.7 Å². The second kappa shape index (κ2) is 7.43. The molecule has 1 fully saturated rings. The molecule has 0 aliphatic carbocycles. The zero-order valence-electron chi connectivity index (χ0n) is 14.4. The smallest absolute Gasteiger partial charge is 0.255 e. The highest BCUT2D eigenvalue weighted by Crippen LogP contribution is 2.22. The number of nitrogens with one attached hydrogen (secondary N) is 1. The van der Waals surface area contributed by atoms with Gasteiger partial charge in [-0.05, 0) is 43.4 Å². The summed E-state index contributed by atoms with van der Waals surface area (Å²) in [4.78, 5) is 34.6. The monoisotopic (exact) mass is 348 g/mol. The Labute approximate surface area is 151 Å². The van der Waals surface area contributed by atoms with Gasteiger partial charge in [-0.15, -0.1) is 0 Å². The van der Waals surface area contributed by atoms with Gasteiger partial charge in [0.05, 0.1) is 5.56 Å². The molecule has 0 aromatic carbocycles. The van der Waals surface area contributed by atoms with Crippen LogP contribution in [0.3, 0.4) is 0 Å². The molecule has 3 aromatic rings. The van der Waals surface area contributed by atoms with Gasteiger partial charge in [-0.2, -0.15) is 0 Å². The number of imidazole rings is 1. The van der Waals surface area contributed by atoms with E-state index in [0.29, 0.717) is 11.5 Å². The summed E-state index contributed by atoms with van der Waals surface area (Å²) in [5.74, 6) is 1.19. The number of H-pyrrole nitrogens is 1. The van der Waals surface area contributed by atoms with Crippen molar-refractivity contribution in [2.24, 2.45) is 5.92 Å². The standard InChI is InChI=1S/C19H20N6O/c26-19(15-4-1-5-20-11-15)25-8-2-3-14(12-25)9-16-10-17(24-13-23-16)18-21-6-7-22-18/h1,4-7,10-11,13-14H,2-3,8-9,12H2,(H,21,22). The lowest BCUT2D eigenvalue weighted by molar-refractivity contribution is 0.0672. The van der Waals surface area contributed by atoms with Gasteiger partial charge in [0.1, 0.15) is 12.0 Å². The Morgan fingerprint density at radius 3 is 3.04 bits per heavy atom. The number of hydrogen-bond acceptors (Lipinski definition) is 5. The zero-order chi connectivity index (χ0) is 17.8. The van der Waals surface area contributed by atoms with Gasteiger partial charge in [-0.3, -0.25) is 9.78 Å². The summed E-state index contributed by atoms with van der Waals surface area (Å²) in [6.45, 7) is 1.54. The number of hydrogen-bond donors (Lipinski definition) is 1. The molecule has 0 radical (unpaired) electrons. The lowest BCUT2D eigenvalue weighted by atomic mass is 9.92. The number of amides is 1. The summed E-state index contributed by atoms with van der Waals surface area (Å²) in [7, 11) is 0. The van der Waals surface area contributed by atoms with Crippen molar-refractivity contribution in [2.75, 3.05) is 13.1 Å². The Balaban J connectivity index is 1.44. The molecule has 1 aliphatic heterocycles. The van der Waals surface area contributed by atoms with Crippen LogP contribution in [0.5, 0.6) is 0 Å². The van der Waals surface area contributed by atoms with Gasteiger partial charge < -0.3 is 9.88 Å². The Morgan fingerprint density at radius 1 is 1.27 bits per heavy atom. The molecule has 4 rings (SSSR count). The Bertz CT molecular complexity index is 865. The van der Waals surface area contributed by atoms with Gasteiger partial charge >= 0.3 is 0 Å². The maximum atomic E-state index is 12.7. The van der Waals surface area contributed by atoms with Crippen LogP contribution in [0.1, 0.15) is 28.9 Å². The SMILES string of the molecule is O=C(c1cccnc1)N1CCCC(Cc2cc(-c3ncc[nH]3)ncn2)C1. The van der Waals surface area contributed by atoms with Crippen molar-refractivity contribution in [3.8, 4) is 11.5 Å². The first-order valence-corrected chi connectivity index (χ1v) is 8.79. The van der Waals surface area contributed by atoms with E-state index < -0.39 is 0 Å². The number of pyridine rings is 1. The third-order valence-corrected chi connectivity index (χ3v) is 4.68. The Kier molecular flexibility index (Phi) is 4.68. The number of aromatic nitrogens is 5. The molecule has 1 N–H and O–H groups in total. The highest BCUT2D eigenvalue weighted by molar-refractivity contribution is 5.93. The minimum Gasteiger partial charge on any atom is -0.343 e. The molecule has 1 unspecified atom stereocenters. The fraction of sp³-hybridized carbons (Fsp3) is 0.316. The minimum absolute atomic E-state index is 0.0572. The summed E-state index contributed by atoms with van der Waals surface area (Å²) in [5, 5.41) is 0. The molecule has 1 atom stereocenters. The van der Waals surface area contributed by atoms with Crippen LogP contribution in [0.4, 0.5) is 0 Å². The van der Waals surface area contributed by atoms with Gasteiger partial charge in [0, 0.05) is 43.6 Å². The van der Waals surface area contributed by atoms with Crippen LogP contribution in [0.25, 0.3) is 11.5 Å². The normalized spacial score (nSPS) is 17.2. The van der Waals surface area contributed by atoms with E-state index in [1.165, 1.54) is 0 Å². The average Bonchev–Trinajstić information content (AvgIpc) is 3.23. The molecule has 0 spiro atoms. The van der Waals surface area contributed by atoms with Crippen LogP contribution in [-0.2, 0) is 6.42 Å². The number of aromatic amines is 1. The van der Waals surface area contributed by atoms with E-state index in [-0.39, 0.29) is 5.91 Å². The predicted octanol–water partition coefficient (Wildman–Crippen LogP) is 2.36. The van der Waals surface area contributed by atoms with Crippen LogP contribution in [-0.4, -0.2) is 48.8 Å². The first-order valence-electron chi connectivity index (χ1n) is 8.79. The van der Waals surface area contributed by atoms with Crippen molar-refractivity contribution in [1.29, 1.82) is 0 Å². The fourth-order valence-corrected chi connectivity index (χ4v) is 3.43. The fourth-order valence-electron chi connectivity index (χ4n) is 3.43. The summed E-state index contributed by atoms with van der Waals surface area (Å²) in [6, 6.07) is 5.59. The van der Waals surface area contributed by atoms with E-state index in [9.17, 15) is 4.79 Å². The third kappa shape index (κ3) is 3.61. The van der Waals surface area contributed by atoms with E-state index in [1.807, 2.05) is 17.0 Å². The summed E-state index contributed by atoms with van der Waals surface area (Å²) in [5.41, 5.74) is 2.42. The van der Waals surface area contributed by atoms with Gasteiger partial charge in [0.2, 0.25) is 0 Å². The van der Waals surface area contributed by atoms with Crippen LogP contribution in [0.15, 0.2) is 49.3 Å². The van der Waals surface area contributed by atoms with Crippen molar-refractivity contribution < 1.29 is 4.79 Å². The van der Waals surface area contributed by atoms with E-state index >= 15 is 0 Å². The minimum atomic E-state index is 0.0572. The van der Waals surface area contributed by atoms with Crippen LogP contribution in [0.2, 0.25) is 0 Å². The maximum absolute atomic E-state index is 12.7. The van der Waals surface area contributed by atoms with E-state index in [2.05, 4.69) is 24.9 Å². The molecular formula is C19H20N6O. The maximum Gasteiger partial charge on any atom is 0.255 e. The number of piperidine rings is 1. The average molecular weight is 348 g/mol. The highest BCUT2D eigenvalue weighted by Gasteiger charge is 2.25. The second-order valence-electron chi connectivity index (χ2n) is 6.54. The molecule has 1 aliphatic rings. The van der Waals surface area contributed by atoms with Crippen LogP contribution < -0.4 is 0 Å². The Morgan fingerprint density at radius 2 is 2.23 bits per heavy atom. The molecule has 1 amide bonds. The third-order valence-electron chi connectivity index (χ3n) is 4.68. The lowest BCUT2D eigenvalue weighted by Gasteiger charge is -2.32. The highest BCUT2D eigenvalue weighted by atomic mass is 16.2. The molecular weight excluding hydrogens is 328 g/mol. The summed E-state index contributed by atoms with van der Waals surface area (Å²) < 4.78 is 0. The molecule has 4 heterocycles. The van der Waals surface area contributed by atoms with Gasteiger partial charge in [0.25, 0.3) is 5.91 Å². The largest absolute Gasteiger partial charge is 0.343 e. The van der Waals surface area contributed by atoms with E-state index in [1.54, 1.807) is 37.2 Å². The lowest BCUT2D eigenvalue weighted by Crippen LogP contribution is -2.40. The van der Waals surface area contributed by atoms with Gasteiger partial charge in [0.15, 0.2) is 5.82 Å². The number of rotatable bonds is 4. The molecule has 132 valence electrons. The first-order chi connectivity index (χ1) is 12.8. The van der Waals surface area contributed by atoms with Gasteiger partial charge in [-0.25, -0.2) is 15.0 Å². The summed E-state index contributed by atoms with van der Waals surface area (Å²) in [6.07, 6.45) is 11.3. The number of nitrogens with zero attached hydrogens (tertiary/aromatic N) is 5. The summed E-state index contributed by atoms with van der Waals surface area (Å²) >= 11 is 0. The molecule has 7 heteroatoms. The van der Waals surface area contributed by atoms with Crippen molar-refractivity contribution in [3.63, 3.8) is 0 Å². The van der Waals surface area contributed by atoms with Crippen molar-refractivity contribution in [2.45, 2.75) is 19.3 Å². The molecule has 0 bridgehead atoms. The van der Waals surface area contributed by atoms with Crippen molar-refractivity contribution in [1.82, 2.24) is 29.8 Å². The number of carbonyl (C=O) groups is 1. The molecule has 0 saturated carbocycles. The van der Waals surface area contributed by atoms with E-state index in [0.717, 1.165) is 49.6 Å². The Hall–Kier alpha value is -3.09. The van der Waals surface area contributed by atoms with Crippen molar-refractivity contribution >= 4 is 5.91 Å². The number of likely N-dealkylation sites (tertiary alicyclic amines) is 1. The molecule has 7 nitrogen and oxygen atoms in total. The van der Waals surface area contributed by atoms with Crippen LogP contribution in [0, 0.1) is 5.92 Å². The first kappa shape index (κ1) is 16.4. The van der Waals surface area contributed by atoms with Crippen molar-refractivity contribution in [3.05, 3.63) is 60.6 Å². The molecule has 26 heavy (non-hydrogen) atoms. The molecule has 1 saturated heterocycles. The molecule has 3 aromatic heterocycles. The van der Waals surface area contributed by atoms with E-state index in [4.69, 9.17) is 0 Å².